The van der Waals surface area contributed by atoms with Gasteiger partial charge in [0.2, 0.25) is 0 Å². The van der Waals surface area contributed by atoms with E-state index in [1.165, 1.54) is 4.57 Å². The van der Waals surface area contributed by atoms with Crippen molar-refractivity contribution < 1.29 is 9.53 Å². The van der Waals surface area contributed by atoms with Crippen LogP contribution in [0, 0.1) is 11.3 Å². The fourth-order valence-electron chi connectivity index (χ4n) is 3.51. The number of ether oxygens (including phenoxy) is 1. The van der Waals surface area contributed by atoms with Crippen LogP contribution >= 0.6 is 11.3 Å². The number of hydrogen-bond donors (Lipinski definition) is 1. The number of hydrogen-bond acceptors (Lipinski definition) is 8. The molecule has 1 aliphatic heterocycles. The summed E-state index contributed by atoms with van der Waals surface area (Å²) in [6.07, 6.45) is 7.71. The molecule has 0 saturated carbocycles. The Bertz CT molecular complexity index is 1430. The third-order valence-corrected chi connectivity index (χ3v) is 5.94. The number of nitrogens with two attached hydrogens (primary N) is 1. The van der Waals surface area contributed by atoms with Crippen molar-refractivity contribution in [1.29, 1.82) is 5.26 Å². The van der Waals surface area contributed by atoms with E-state index in [1.807, 2.05) is 6.07 Å². The molecule has 0 aromatic carbocycles. The third-order valence-electron chi connectivity index (χ3n) is 4.83. The molecule has 0 amide bonds. The number of esters is 1. The maximum atomic E-state index is 13.2. The SMILES string of the molecule is CC(C)OC(=O)C1=c2s/c(=C/c3cccnc3)c(=O)n2C(N)=C(C#N)[C@@H]1c1cccnc1. The minimum atomic E-state index is -0.802. The van der Waals surface area contributed by atoms with E-state index in [0.29, 0.717) is 14.8 Å². The molecule has 0 radical (unpaired) electrons. The first-order chi connectivity index (χ1) is 15.4. The first-order valence-corrected chi connectivity index (χ1v) is 10.6. The molecule has 0 bridgehead atoms. The number of thiazole rings is 1. The van der Waals surface area contributed by atoms with Crippen LogP contribution in [0.15, 0.2) is 59.4 Å². The van der Waals surface area contributed by atoms with Gasteiger partial charge < -0.3 is 10.5 Å². The van der Waals surface area contributed by atoms with Crippen molar-refractivity contribution in [2.75, 3.05) is 0 Å². The number of pyridine rings is 2. The molecule has 3 aromatic rings. The summed E-state index contributed by atoms with van der Waals surface area (Å²) in [5.74, 6) is -1.43. The smallest absolute Gasteiger partial charge is 0.338 e. The van der Waals surface area contributed by atoms with Crippen molar-refractivity contribution >= 4 is 34.8 Å². The van der Waals surface area contributed by atoms with Gasteiger partial charge in [0.1, 0.15) is 10.5 Å². The van der Waals surface area contributed by atoms with Gasteiger partial charge in [-0.3, -0.25) is 19.3 Å². The lowest BCUT2D eigenvalue weighted by atomic mass is 9.84. The lowest BCUT2D eigenvalue weighted by Gasteiger charge is -2.25. The van der Waals surface area contributed by atoms with Gasteiger partial charge in [0.05, 0.1) is 33.8 Å². The highest BCUT2D eigenvalue weighted by Crippen LogP contribution is 2.36. The highest BCUT2D eigenvalue weighted by atomic mass is 32.1. The van der Waals surface area contributed by atoms with Crippen LogP contribution in [-0.2, 0) is 9.53 Å². The van der Waals surface area contributed by atoms with Crippen molar-refractivity contribution in [3.8, 4) is 6.07 Å². The second-order valence-corrected chi connectivity index (χ2v) is 8.37. The van der Waals surface area contributed by atoms with E-state index >= 15 is 0 Å². The summed E-state index contributed by atoms with van der Waals surface area (Å²) in [4.78, 5) is 34.7. The van der Waals surface area contributed by atoms with Crippen molar-refractivity contribution in [3.63, 3.8) is 0 Å². The van der Waals surface area contributed by atoms with Crippen LogP contribution in [-0.4, -0.2) is 26.6 Å². The lowest BCUT2D eigenvalue weighted by molar-refractivity contribution is -0.140. The molecule has 4 rings (SSSR count). The van der Waals surface area contributed by atoms with E-state index in [0.717, 1.165) is 16.9 Å². The van der Waals surface area contributed by atoms with Crippen molar-refractivity contribution in [2.24, 2.45) is 5.73 Å². The zero-order chi connectivity index (χ0) is 22.8. The minimum absolute atomic E-state index is 0.00969. The van der Waals surface area contributed by atoms with E-state index < -0.39 is 17.4 Å². The Morgan fingerprint density at radius 3 is 2.59 bits per heavy atom. The Morgan fingerprint density at radius 1 is 1.28 bits per heavy atom. The second kappa shape index (κ2) is 8.61. The summed E-state index contributed by atoms with van der Waals surface area (Å²) in [5, 5.41) is 9.93. The molecule has 1 atom stereocenters. The van der Waals surface area contributed by atoms with Crippen LogP contribution < -0.4 is 20.5 Å². The number of allylic oxidation sites excluding steroid dienone is 1. The summed E-state index contributed by atoms with van der Waals surface area (Å²) in [6, 6.07) is 9.13. The zero-order valence-electron chi connectivity index (χ0n) is 17.4. The Labute approximate surface area is 187 Å². The molecule has 0 spiro atoms. The first kappa shape index (κ1) is 21.2. The molecule has 9 heteroatoms. The van der Waals surface area contributed by atoms with Gasteiger partial charge in [0.15, 0.2) is 0 Å². The number of carbonyl (C=O) groups excluding carboxylic acids is 1. The first-order valence-electron chi connectivity index (χ1n) is 9.81. The van der Waals surface area contributed by atoms with Crippen LogP contribution in [0.25, 0.3) is 17.5 Å². The maximum Gasteiger partial charge on any atom is 0.338 e. The van der Waals surface area contributed by atoms with Crippen molar-refractivity contribution in [3.05, 3.63) is 85.3 Å². The molecular weight excluding hydrogens is 426 g/mol. The predicted octanol–water partition coefficient (Wildman–Crippen LogP) is 1.08. The number of rotatable bonds is 4. The van der Waals surface area contributed by atoms with Gasteiger partial charge in [-0.25, -0.2) is 4.79 Å². The average molecular weight is 446 g/mol. The summed E-state index contributed by atoms with van der Waals surface area (Å²) in [6.45, 7) is 3.47. The van der Waals surface area contributed by atoms with Crippen LogP contribution in [0.3, 0.4) is 0 Å². The minimum Gasteiger partial charge on any atom is -0.460 e. The summed E-state index contributed by atoms with van der Waals surface area (Å²) < 4.78 is 7.40. The third kappa shape index (κ3) is 3.72. The summed E-state index contributed by atoms with van der Waals surface area (Å²) in [5.41, 5.74) is 7.50. The Morgan fingerprint density at radius 2 is 2.00 bits per heavy atom. The largest absolute Gasteiger partial charge is 0.460 e. The van der Waals surface area contributed by atoms with Gasteiger partial charge in [-0.2, -0.15) is 5.26 Å². The van der Waals surface area contributed by atoms with Crippen molar-refractivity contribution in [2.45, 2.75) is 25.9 Å². The zero-order valence-corrected chi connectivity index (χ0v) is 18.2. The molecular formula is C23H19N5O3S. The lowest BCUT2D eigenvalue weighted by Crippen LogP contribution is -2.40. The number of nitrogens with zero attached hydrogens (tertiary/aromatic N) is 4. The van der Waals surface area contributed by atoms with Crippen LogP contribution in [0.1, 0.15) is 30.9 Å². The maximum absolute atomic E-state index is 13.2. The highest BCUT2D eigenvalue weighted by molar-refractivity contribution is 7.07. The van der Waals surface area contributed by atoms with E-state index in [9.17, 15) is 14.9 Å². The van der Waals surface area contributed by atoms with Crippen LogP contribution in [0.5, 0.6) is 0 Å². The molecule has 0 fully saturated rings. The molecule has 160 valence electrons. The Balaban J connectivity index is 2.10. The monoisotopic (exact) mass is 445 g/mol. The van der Waals surface area contributed by atoms with Gasteiger partial charge in [-0.15, -0.1) is 11.3 Å². The van der Waals surface area contributed by atoms with E-state index in [-0.39, 0.29) is 23.1 Å². The van der Waals surface area contributed by atoms with E-state index in [2.05, 4.69) is 16.0 Å². The molecule has 4 heterocycles. The fourth-order valence-corrected chi connectivity index (χ4v) is 4.68. The molecule has 1 aliphatic rings. The Hall–Kier alpha value is -4.03. The summed E-state index contributed by atoms with van der Waals surface area (Å²) >= 11 is 1.12. The van der Waals surface area contributed by atoms with E-state index in [1.54, 1.807) is 62.9 Å². The van der Waals surface area contributed by atoms with Gasteiger partial charge in [0.25, 0.3) is 5.56 Å². The number of nitriles is 1. The molecule has 3 aromatic heterocycles. The quantitative estimate of drug-likeness (QED) is 0.596. The fraction of sp³-hybridized carbons (Fsp3) is 0.174. The average Bonchev–Trinajstić information content (AvgIpc) is 3.10. The molecule has 32 heavy (non-hydrogen) atoms. The topological polar surface area (TPSA) is 124 Å². The molecule has 8 nitrogen and oxygen atoms in total. The second-order valence-electron chi connectivity index (χ2n) is 7.34. The van der Waals surface area contributed by atoms with Gasteiger partial charge in [-0.05, 0) is 43.2 Å². The normalized spacial score (nSPS) is 16.1. The number of aromatic nitrogens is 3. The Kier molecular flexibility index (Phi) is 5.71. The molecule has 0 aliphatic carbocycles. The van der Waals surface area contributed by atoms with Gasteiger partial charge >= 0.3 is 5.97 Å². The van der Waals surface area contributed by atoms with Crippen molar-refractivity contribution in [1.82, 2.24) is 14.5 Å². The van der Waals surface area contributed by atoms with Gasteiger partial charge in [0, 0.05) is 24.8 Å². The van der Waals surface area contributed by atoms with Gasteiger partial charge in [-0.1, -0.05) is 12.1 Å². The standard InChI is InChI=1S/C23H19N5O3S/c1-13(2)31-23(30)19-18(15-6-4-8-27-12-15)16(10-24)20(25)28-21(29)17(32-22(19)28)9-14-5-3-7-26-11-14/h3-9,11-13,18H,25H2,1-2H3/b17-9+/t18-/m0/s1. The predicted molar refractivity (Wildman–Crippen MR) is 120 cm³/mol. The van der Waals surface area contributed by atoms with Crippen LogP contribution in [0.4, 0.5) is 0 Å². The summed E-state index contributed by atoms with van der Waals surface area (Å²) in [7, 11) is 0. The number of fused-ring (bicyclic) bond motifs is 1. The van der Waals surface area contributed by atoms with E-state index in [4.69, 9.17) is 10.5 Å². The molecule has 0 saturated heterocycles. The van der Waals surface area contributed by atoms with Crippen LogP contribution in [0.2, 0.25) is 0 Å². The highest BCUT2D eigenvalue weighted by Gasteiger charge is 2.36. The number of carbonyl (C=O) groups is 1. The molecule has 2 N–H and O–H groups in total. The molecule has 0 unspecified atom stereocenters.